The van der Waals surface area contributed by atoms with Crippen molar-refractivity contribution in [2.45, 2.75) is 44.9 Å². The number of β-amino-alcohol motifs (C(OH)–C–C–N with tert-alkyl or cyclic N) is 1. The first-order valence-corrected chi connectivity index (χ1v) is 12.6. The number of aliphatic hydroxyl groups excluding tert-OH is 1. The normalized spacial score (nSPS) is 17.3. The van der Waals surface area contributed by atoms with Crippen molar-refractivity contribution in [3.63, 3.8) is 0 Å². The van der Waals surface area contributed by atoms with Crippen LogP contribution in [0, 0.1) is 0 Å². The Bertz CT molecular complexity index is 1070. The van der Waals surface area contributed by atoms with Crippen molar-refractivity contribution in [2.75, 3.05) is 57.0 Å². The molecule has 10 heteroatoms. The second kappa shape index (κ2) is 11.7. The number of nitrogens with one attached hydrogen (secondary N) is 2. The number of carbonyl (C=O) groups excluding carboxylic acids is 2. The van der Waals surface area contributed by atoms with Crippen LogP contribution >= 0.6 is 0 Å². The molecule has 0 bridgehead atoms. The van der Waals surface area contributed by atoms with E-state index in [1.54, 1.807) is 17.9 Å². The number of rotatable bonds is 8. The summed E-state index contributed by atoms with van der Waals surface area (Å²) >= 11 is 0. The van der Waals surface area contributed by atoms with E-state index in [1.165, 1.54) is 11.1 Å². The molecular formula is C26H37N7O3. The van der Waals surface area contributed by atoms with Crippen LogP contribution in [0.4, 0.5) is 11.8 Å². The fraction of sp³-hybridized carbons (Fsp3) is 0.538. The lowest BCUT2D eigenvalue weighted by Crippen LogP contribution is -2.42. The summed E-state index contributed by atoms with van der Waals surface area (Å²) in [5.41, 5.74) is 2.91. The third-order valence-corrected chi connectivity index (χ3v) is 6.82. The maximum atomic E-state index is 12.9. The van der Waals surface area contributed by atoms with Gasteiger partial charge in [-0.2, -0.15) is 4.98 Å². The molecule has 4 rings (SSSR count). The van der Waals surface area contributed by atoms with Crippen molar-refractivity contribution in [3.05, 3.63) is 47.2 Å². The van der Waals surface area contributed by atoms with E-state index in [-0.39, 0.29) is 30.1 Å². The zero-order valence-corrected chi connectivity index (χ0v) is 21.4. The van der Waals surface area contributed by atoms with Gasteiger partial charge in [0.2, 0.25) is 11.9 Å². The molecule has 1 atom stereocenters. The number of amides is 2. The summed E-state index contributed by atoms with van der Waals surface area (Å²) < 4.78 is 0. The Hall–Kier alpha value is -3.24. The van der Waals surface area contributed by atoms with Crippen molar-refractivity contribution >= 4 is 23.6 Å². The van der Waals surface area contributed by atoms with Crippen LogP contribution in [0.1, 0.15) is 41.4 Å². The molecule has 0 radical (unpaired) electrons. The van der Waals surface area contributed by atoms with E-state index in [9.17, 15) is 14.7 Å². The van der Waals surface area contributed by atoms with Gasteiger partial charge in [0.15, 0.2) is 0 Å². The zero-order chi connectivity index (χ0) is 25.7. The summed E-state index contributed by atoms with van der Waals surface area (Å²) in [7, 11) is 3.65. The molecule has 2 aromatic rings. The van der Waals surface area contributed by atoms with Gasteiger partial charge in [0.05, 0.1) is 6.10 Å². The molecule has 2 aliphatic heterocycles. The van der Waals surface area contributed by atoms with Crippen LogP contribution in [-0.2, 0) is 17.8 Å². The topological polar surface area (TPSA) is 114 Å². The number of fused-ring (bicyclic) bond motifs is 1. The standard InChI is InChI=1S/C26H37N7O3/c1-18(34)33-12-9-21(10-13-33)28-24-14-23(29-26(30-24)31(2)3)25(36)27-15-22(35)17-32-11-8-19-6-4-5-7-20(19)16-32/h4-7,14,21-22,35H,8-13,15-17H2,1-3H3,(H,27,36)(H,28,29,30)/t22-/m0/s1. The summed E-state index contributed by atoms with van der Waals surface area (Å²) in [5, 5.41) is 16.8. The third-order valence-electron chi connectivity index (χ3n) is 6.82. The smallest absolute Gasteiger partial charge is 0.270 e. The van der Waals surface area contributed by atoms with Gasteiger partial charge in [-0.25, -0.2) is 4.98 Å². The number of nitrogens with zero attached hydrogens (tertiary/aromatic N) is 5. The monoisotopic (exact) mass is 495 g/mol. The molecule has 194 valence electrons. The number of carbonyl (C=O) groups is 2. The van der Waals surface area contributed by atoms with Gasteiger partial charge >= 0.3 is 0 Å². The van der Waals surface area contributed by atoms with E-state index in [1.807, 2.05) is 25.1 Å². The molecule has 1 aromatic heterocycles. The lowest BCUT2D eigenvalue weighted by Gasteiger charge is -2.32. The lowest BCUT2D eigenvalue weighted by atomic mass is 10.00. The Morgan fingerprint density at radius 3 is 2.56 bits per heavy atom. The third kappa shape index (κ3) is 6.70. The number of aliphatic hydroxyl groups is 1. The molecule has 1 saturated heterocycles. The number of hydrogen-bond donors (Lipinski definition) is 3. The van der Waals surface area contributed by atoms with E-state index in [2.05, 4.69) is 43.7 Å². The molecule has 1 aromatic carbocycles. The SMILES string of the molecule is CC(=O)N1CCC(Nc2cc(C(=O)NC[C@H](O)CN3CCc4ccccc4C3)nc(N(C)C)n2)CC1. The number of piperidine rings is 1. The van der Waals surface area contributed by atoms with Gasteiger partial charge in [0.1, 0.15) is 11.5 Å². The van der Waals surface area contributed by atoms with Crippen LogP contribution in [0.3, 0.4) is 0 Å². The Kier molecular flexibility index (Phi) is 8.37. The molecule has 36 heavy (non-hydrogen) atoms. The van der Waals surface area contributed by atoms with Gasteiger partial charge < -0.3 is 25.5 Å². The first-order valence-electron chi connectivity index (χ1n) is 12.6. The van der Waals surface area contributed by atoms with Gasteiger partial charge in [-0.1, -0.05) is 24.3 Å². The molecule has 2 amide bonds. The highest BCUT2D eigenvalue weighted by Crippen LogP contribution is 2.20. The van der Waals surface area contributed by atoms with Crippen molar-refractivity contribution in [3.8, 4) is 0 Å². The Labute approximate surface area is 212 Å². The van der Waals surface area contributed by atoms with Crippen molar-refractivity contribution < 1.29 is 14.7 Å². The molecule has 1 fully saturated rings. The van der Waals surface area contributed by atoms with Crippen LogP contribution < -0.4 is 15.5 Å². The Morgan fingerprint density at radius 2 is 1.86 bits per heavy atom. The van der Waals surface area contributed by atoms with E-state index < -0.39 is 6.10 Å². The largest absolute Gasteiger partial charge is 0.390 e. The summed E-state index contributed by atoms with van der Waals surface area (Å²) in [5.74, 6) is 0.751. The van der Waals surface area contributed by atoms with Gasteiger partial charge in [-0.05, 0) is 30.4 Å². The molecule has 2 aliphatic rings. The summed E-state index contributed by atoms with van der Waals surface area (Å²) in [6, 6.07) is 10.2. The van der Waals surface area contributed by atoms with Crippen LogP contribution in [0.15, 0.2) is 30.3 Å². The quantitative estimate of drug-likeness (QED) is 0.499. The number of benzene rings is 1. The van der Waals surface area contributed by atoms with Crippen molar-refractivity contribution in [2.24, 2.45) is 0 Å². The molecule has 0 unspecified atom stereocenters. The molecule has 0 saturated carbocycles. The Morgan fingerprint density at radius 1 is 1.14 bits per heavy atom. The molecule has 3 N–H and O–H groups in total. The van der Waals surface area contributed by atoms with Gasteiger partial charge in [-0.3, -0.25) is 14.5 Å². The zero-order valence-electron chi connectivity index (χ0n) is 21.4. The van der Waals surface area contributed by atoms with Crippen LogP contribution in [-0.4, -0.2) is 95.7 Å². The first-order chi connectivity index (χ1) is 17.3. The summed E-state index contributed by atoms with van der Waals surface area (Å²) in [4.78, 5) is 39.3. The fourth-order valence-corrected chi connectivity index (χ4v) is 4.75. The summed E-state index contributed by atoms with van der Waals surface area (Å²) in [6.45, 7) is 5.33. The number of hydrogen-bond acceptors (Lipinski definition) is 8. The van der Waals surface area contributed by atoms with E-state index in [0.717, 1.165) is 32.4 Å². The first kappa shape index (κ1) is 25.8. The number of aromatic nitrogens is 2. The maximum Gasteiger partial charge on any atom is 0.270 e. The van der Waals surface area contributed by atoms with Crippen molar-refractivity contribution in [1.29, 1.82) is 0 Å². The average molecular weight is 496 g/mol. The molecule has 3 heterocycles. The summed E-state index contributed by atoms with van der Waals surface area (Å²) in [6.07, 6.45) is 1.91. The average Bonchev–Trinajstić information content (AvgIpc) is 2.87. The second-order valence-corrected chi connectivity index (χ2v) is 9.88. The van der Waals surface area contributed by atoms with Crippen LogP contribution in [0.5, 0.6) is 0 Å². The second-order valence-electron chi connectivity index (χ2n) is 9.88. The van der Waals surface area contributed by atoms with Gasteiger partial charge in [0.25, 0.3) is 5.91 Å². The van der Waals surface area contributed by atoms with E-state index >= 15 is 0 Å². The van der Waals surface area contributed by atoms with E-state index in [4.69, 9.17) is 0 Å². The minimum Gasteiger partial charge on any atom is -0.390 e. The highest BCUT2D eigenvalue weighted by Gasteiger charge is 2.23. The number of anilines is 2. The minimum absolute atomic E-state index is 0.0941. The fourth-order valence-electron chi connectivity index (χ4n) is 4.75. The highest BCUT2D eigenvalue weighted by molar-refractivity contribution is 5.93. The molecular weight excluding hydrogens is 458 g/mol. The predicted molar refractivity (Wildman–Crippen MR) is 139 cm³/mol. The minimum atomic E-state index is -0.682. The Balaban J connectivity index is 1.32. The predicted octanol–water partition coefficient (Wildman–Crippen LogP) is 1.11. The number of likely N-dealkylation sites (tertiary alicyclic amines) is 1. The molecule has 0 aliphatic carbocycles. The van der Waals surface area contributed by atoms with Gasteiger partial charge in [-0.15, -0.1) is 0 Å². The lowest BCUT2D eigenvalue weighted by molar-refractivity contribution is -0.129. The maximum absolute atomic E-state index is 12.9. The van der Waals surface area contributed by atoms with E-state index in [0.29, 0.717) is 31.4 Å². The molecule has 10 nitrogen and oxygen atoms in total. The van der Waals surface area contributed by atoms with Gasteiger partial charge in [0, 0.05) is 72.4 Å². The van der Waals surface area contributed by atoms with Crippen LogP contribution in [0.25, 0.3) is 0 Å². The highest BCUT2D eigenvalue weighted by atomic mass is 16.3. The molecule has 0 spiro atoms. The van der Waals surface area contributed by atoms with Crippen molar-refractivity contribution in [1.82, 2.24) is 25.1 Å². The van der Waals surface area contributed by atoms with Crippen LogP contribution in [0.2, 0.25) is 0 Å².